The number of halogens is 2. The normalized spacial score (nSPS) is 10.5. The van der Waals surface area contributed by atoms with Crippen molar-refractivity contribution in [3.05, 3.63) is 64.7 Å². The van der Waals surface area contributed by atoms with Crippen molar-refractivity contribution in [2.24, 2.45) is 0 Å². The number of carbonyl (C=O) groups is 2. The van der Waals surface area contributed by atoms with Crippen LogP contribution in [-0.4, -0.2) is 34.9 Å². The molecule has 0 heterocycles. The lowest BCUT2D eigenvalue weighted by Gasteiger charge is -2.18. The monoisotopic (exact) mass is 362 g/mol. The lowest BCUT2D eigenvalue weighted by Crippen LogP contribution is -2.30. The van der Waals surface area contributed by atoms with Crippen LogP contribution in [0.15, 0.2) is 36.4 Å². The summed E-state index contributed by atoms with van der Waals surface area (Å²) in [5.41, 5.74) is 0.613. The summed E-state index contributed by atoms with van der Waals surface area (Å²) in [6.45, 7) is 5.08. The largest absolute Gasteiger partial charge is 0.507 e. The standard InChI is InChI=1S/C19H20F2N2O3/c1-3-23(4-2)19(26)13-7-5-12(6-8-13)11-22-18(25)17-15(21)9-14(20)10-16(17)24/h5-10,24H,3-4,11H2,1-2H3,(H,22,25). The van der Waals surface area contributed by atoms with Gasteiger partial charge in [0.2, 0.25) is 0 Å². The molecule has 0 aliphatic carbocycles. The number of phenols is 1. The van der Waals surface area contributed by atoms with Crippen LogP contribution >= 0.6 is 0 Å². The van der Waals surface area contributed by atoms with Gasteiger partial charge in [-0.1, -0.05) is 12.1 Å². The zero-order chi connectivity index (χ0) is 19.3. The van der Waals surface area contributed by atoms with Gasteiger partial charge in [0, 0.05) is 37.3 Å². The van der Waals surface area contributed by atoms with E-state index < -0.39 is 28.9 Å². The second-order valence-electron chi connectivity index (χ2n) is 5.64. The molecule has 2 rings (SSSR count). The number of hydrogen-bond donors (Lipinski definition) is 2. The maximum atomic E-state index is 13.7. The second kappa shape index (κ2) is 8.42. The predicted octanol–water partition coefficient (Wildman–Crippen LogP) is 3.08. The highest BCUT2D eigenvalue weighted by Gasteiger charge is 2.18. The van der Waals surface area contributed by atoms with Crippen molar-refractivity contribution in [3.8, 4) is 5.75 Å². The summed E-state index contributed by atoms with van der Waals surface area (Å²) in [6.07, 6.45) is 0. The molecule has 2 aromatic rings. The van der Waals surface area contributed by atoms with Crippen molar-refractivity contribution < 1.29 is 23.5 Å². The van der Waals surface area contributed by atoms with Gasteiger partial charge in [0.15, 0.2) is 0 Å². The van der Waals surface area contributed by atoms with E-state index in [2.05, 4.69) is 5.32 Å². The number of nitrogens with one attached hydrogen (secondary N) is 1. The molecule has 0 unspecified atom stereocenters. The molecular formula is C19H20F2N2O3. The molecule has 0 fully saturated rings. The topological polar surface area (TPSA) is 69.6 Å². The van der Waals surface area contributed by atoms with Gasteiger partial charge in [-0.3, -0.25) is 9.59 Å². The van der Waals surface area contributed by atoms with E-state index >= 15 is 0 Å². The van der Waals surface area contributed by atoms with E-state index in [0.29, 0.717) is 36.3 Å². The Morgan fingerprint density at radius 3 is 2.23 bits per heavy atom. The molecule has 0 atom stereocenters. The van der Waals surface area contributed by atoms with Crippen molar-refractivity contribution in [1.29, 1.82) is 0 Å². The fraction of sp³-hybridized carbons (Fsp3) is 0.263. The Kier molecular flexibility index (Phi) is 6.27. The highest BCUT2D eigenvalue weighted by molar-refractivity contribution is 5.97. The van der Waals surface area contributed by atoms with Crippen LogP contribution in [0.3, 0.4) is 0 Å². The Morgan fingerprint density at radius 1 is 1.08 bits per heavy atom. The minimum absolute atomic E-state index is 0.0643. The van der Waals surface area contributed by atoms with E-state index in [9.17, 15) is 23.5 Å². The minimum Gasteiger partial charge on any atom is -0.507 e. The van der Waals surface area contributed by atoms with Crippen LogP contribution < -0.4 is 5.32 Å². The van der Waals surface area contributed by atoms with Crippen LogP contribution in [0, 0.1) is 11.6 Å². The van der Waals surface area contributed by atoms with Crippen LogP contribution in [0.4, 0.5) is 8.78 Å². The highest BCUT2D eigenvalue weighted by Crippen LogP contribution is 2.22. The van der Waals surface area contributed by atoms with Crippen LogP contribution in [0.1, 0.15) is 40.1 Å². The fourth-order valence-corrected chi connectivity index (χ4v) is 2.51. The minimum atomic E-state index is -1.14. The number of amides is 2. The number of rotatable bonds is 6. The van der Waals surface area contributed by atoms with E-state index in [1.165, 1.54) is 0 Å². The molecule has 7 heteroatoms. The van der Waals surface area contributed by atoms with Crippen molar-refractivity contribution in [2.45, 2.75) is 20.4 Å². The van der Waals surface area contributed by atoms with Gasteiger partial charge in [-0.15, -0.1) is 0 Å². The average Bonchev–Trinajstić information content (AvgIpc) is 2.60. The van der Waals surface area contributed by atoms with Crippen LogP contribution in [-0.2, 0) is 6.54 Å². The summed E-state index contributed by atoms with van der Waals surface area (Å²) >= 11 is 0. The molecule has 138 valence electrons. The molecule has 0 aliphatic rings. The smallest absolute Gasteiger partial charge is 0.258 e. The number of phenolic OH excluding ortho intramolecular Hbond substituents is 1. The van der Waals surface area contributed by atoms with Gasteiger partial charge in [0.1, 0.15) is 22.9 Å². The molecule has 0 aliphatic heterocycles. The maximum Gasteiger partial charge on any atom is 0.258 e. The van der Waals surface area contributed by atoms with Gasteiger partial charge in [-0.2, -0.15) is 0 Å². The Bertz CT molecular complexity index is 780. The Balaban J connectivity index is 2.04. The molecule has 0 bridgehead atoms. The van der Waals surface area contributed by atoms with E-state index in [1.807, 2.05) is 13.8 Å². The van der Waals surface area contributed by atoms with Gasteiger partial charge in [-0.25, -0.2) is 8.78 Å². The second-order valence-corrected chi connectivity index (χ2v) is 5.64. The first-order chi connectivity index (χ1) is 12.4. The molecular weight excluding hydrogens is 342 g/mol. The number of carbonyl (C=O) groups excluding carboxylic acids is 2. The molecule has 26 heavy (non-hydrogen) atoms. The fourth-order valence-electron chi connectivity index (χ4n) is 2.51. The van der Waals surface area contributed by atoms with Crippen molar-refractivity contribution in [1.82, 2.24) is 10.2 Å². The van der Waals surface area contributed by atoms with Crippen LogP contribution in [0.25, 0.3) is 0 Å². The molecule has 2 amide bonds. The Labute approximate surface area is 150 Å². The summed E-state index contributed by atoms with van der Waals surface area (Å²) < 4.78 is 26.6. The van der Waals surface area contributed by atoms with Gasteiger partial charge in [0.05, 0.1) is 0 Å². The summed E-state index contributed by atoms with van der Waals surface area (Å²) in [6, 6.07) is 7.86. The Morgan fingerprint density at radius 2 is 1.69 bits per heavy atom. The quantitative estimate of drug-likeness (QED) is 0.830. The van der Waals surface area contributed by atoms with Crippen molar-refractivity contribution in [2.75, 3.05) is 13.1 Å². The third-order valence-corrected chi connectivity index (χ3v) is 3.97. The van der Waals surface area contributed by atoms with Gasteiger partial charge in [-0.05, 0) is 31.5 Å². The molecule has 5 nitrogen and oxygen atoms in total. The van der Waals surface area contributed by atoms with E-state index in [0.717, 1.165) is 0 Å². The SMILES string of the molecule is CCN(CC)C(=O)c1ccc(CNC(=O)c2c(O)cc(F)cc2F)cc1. The van der Waals surface area contributed by atoms with Gasteiger partial charge < -0.3 is 15.3 Å². The third-order valence-electron chi connectivity index (χ3n) is 3.97. The van der Waals surface area contributed by atoms with Crippen LogP contribution in [0.2, 0.25) is 0 Å². The number of hydrogen-bond acceptors (Lipinski definition) is 3. The van der Waals surface area contributed by atoms with E-state index in [1.54, 1.807) is 29.2 Å². The molecule has 0 aromatic heterocycles. The number of benzene rings is 2. The first kappa shape index (κ1) is 19.4. The third kappa shape index (κ3) is 4.36. The summed E-state index contributed by atoms with van der Waals surface area (Å²) in [7, 11) is 0. The number of nitrogens with zero attached hydrogens (tertiary/aromatic N) is 1. The predicted molar refractivity (Wildman–Crippen MR) is 92.9 cm³/mol. The van der Waals surface area contributed by atoms with Crippen molar-refractivity contribution >= 4 is 11.8 Å². The van der Waals surface area contributed by atoms with Crippen molar-refractivity contribution in [3.63, 3.8) is 0 Å². The Hall–Kier alpha value is -2.96. The van der Waals surface area contributed by atoms with Gasteiger partial charge in [0.25, 0.3) is 11.8 Å². The molecule has 0 saturated carbocycles. The molecule has 0 radical (unpaired) electrons. The molecule has 2 aromatic carbocycles. The van der Waals surface area contributed by atoms with Crippen LogP contribution in [0.5, 0.6) is 5.75 Å². The first-order valence-corrected chi connectivity index (χ1v) is 8.21. The lowest BCUT2D eigenvalue weighted by molar-refractivity contribution is 0.0772. The van der Waals surface area contributed by atoms with E-state index in [-0.39, 0.29) is 12.5 Å². The highest BCUT2D eigenvalue weighted by atomic mass is 19.1. The van der Waals surface area contributed by atoms with E-state index in [4.69, 9.17) is 0 Å². The lowest BCUT2D eigenvalue weighted by atomic mass is 10.1. The summed E-state index contributed by atoms with van der Waals surface area (Å²) in [4.78, 5) is 25.9. The average molecular weight is 362 g/mol. The van der Waals surface area contributed by atoms with Gasteiger partial charge >= 0.3 is 0 Å². The first-order valence-electron chi connectivity index (χ1n) is 8.21. The zero-order valence-electron chi connectivity index (χ0n) is 14.6. The number of aromatic hydroxyl groups is 1. The molecule has 0 saturated heterocycles. The molecule has 0 spiro atoms. The maximum absolute atomic E-state index is 13.7. The summed E-state index contributed by atoms with van der Waals surface area (Å²) in [5.74, 6) is -3.81. The zero-order valence-corrected chi connectivity index (χ0v) is 14.6. The summed E-state index contributed by atoms with van der Waals surface area (Å²) in [5, 5.41) is 12.0. The molecule has 2 N–H and O–H groups in total.